The number of carbonyl (C=O) groups excluding carboxylic acids is 3. The van der Waals surface area contributed by atoms with Crippen molar-refractivity contribution in [3.05, 3.63) is 23.8 Å². The molecule has 8 heteroatoms. The second kappa shape index (κ2) is 8.53. The van der Waals surface area contributed by atoms with E-state index in [4.69, 9.17) is 9.47 Å². The predicted molar refractivity (Wildman–Crippen MR) is 111 cm³/mol. The molecule has 164 valence electrons. The standard InChI is InChI=1S/C22H31N3O5/c1-6-14(3)25(15(4)7-2)19(26)12-24-20(27)22(5,23-21(24)28)11-16-8-9-17-18(10-16)30-13-29-17/h8-10,14-15H,6-7,11-13H2,1-5H3,(H,23,28)/t14-,15-,22-/m1/s1. The van der Waals surface area contributed by atoms with E-state index in [1.807, 2.05) is 39.8 Å². The molecule has 0 radical (unpaired) electrons. The fraction of sp³-hybridized carbons (Fsp3) is 0.591. The number of fused-ring (bicyclic) bond motifs is 1. The van der Waals surface area contributed by atoms with E-state index in [2.05, 4.69) is 5.32 Å². The zero-order valence-electron chi connectivity index (χ0n) is 18.4. The number of nitrogens with one attached hydrogen (secondary N) is 1. The minimum atomic E-state index is -1.12. The second-order valence-corrected chi connectivity index (χ2v) is 8.33. The van der Waals surface area contributed by atoms with Crippen LogP contribution in [-0.4, -0.2) is 58.6 Å². The number of hydrogen-bond donors (Lipinski definition) is 1. The molecule has 0 aromatic heterocycles. The van der Waals surface area contributed by atoms with Gasteiger partial charge in [-0.1, -0.05) is 19.9 Å². The largest absolute Gasteiger partial charge is 0.454 e. The van der Waals surface area contributed by atoms with Crippen LogP contribution in [0.3, 0.4) is 0 Å². The van der Waals surface area contributed by atoms with Gasteiger partial charge in [0.05, 0.1) is 0 Å². The zero-order valence-corrected chi connectivity index (χ0v) is 18.4. The highest BCUT2D eigenvalue weighted by Gasteiger charge is 2.48. The quantitative estimate of drug-likeness (QED) is 0.657. The molecule has 30 heavy (non-hydrogen) atoms. The van der Waals surface area contributed by atoms with Crippen LogP contribution in [0, 0.1) is 0 Å². The second-order valence-electron chi connectivity index (χ2n) is 8.33. The van der Waals surface area contributed by atoms with Crippen LogP contribution in [0.15, 0.2) is 18.2 Å². The van der Waals surface area contributed by atoms with Gasteiger partial charge in [-0.05, 0) is 51.3 Å². The maximum atomic E-state index is 13.1. The Morgan fingerprint density at radius 1 is 1.17 bits per heavy atom. The Labute approximate surface area is 177 Å². The van der Waals surface area contributed by atoms with Crippen molar-refractivity contribution in [3.63, 3.8) is 0 Å². The van der Waals surface area contributed by atoms with Crippen LogP contribution in [0.5, 0.6) is 11.5 Å². The summed E-state index contributed by atoms with van der Waals surface area (Å²) in [5.74, 6) is 0.673. The van der Waals surface area contributed by atoms with Gasteiger partial charge in [-0.2, -0.15) is 0 Å². The number of nitrogens with zero attached hydrogens (tertiary/aromatic N) is 2. The van der Waals surface area contributed by atoms with Crippen molar-refractivity contribution >= 4 is 17.8 Å². The van der Waals surface area contributed by atoms with Crippen molar-refractivity contribution in [1.82, 2.24) is 15.1 Å². The average Bonchev–Trinajstić information content (AvgIpc) is 3.25. The Bertz CT molecular complexity index is 832. The van der Waals surface area contributed by atoms with Crippen molar-refractivity contribution < 1.29 is 23.9 Å². The molecule has 1 aromatic rings. The molecule has 4 amide bonds. The van der Waals surface area contributed by atoms with Crippen LogP contribution in [0.2, 0.25) is 0 Å². The number of imide groups is 1. The lowest BCUT2D eigenvalue weighted by molar-refractivity contribution is -0.141. The third-order valence-corrected chi connectivity index (χ3v) is 6.05. The van der Waals surface area contributed by atoms with Crippen LogP contribution in [0.4, 0.5) is 4.79 Å². The molecule has 1 fully saturated rings. The van der Waals surface area contributed by atoms with Gasteiger partial charge in [-0.15, -0.1) is 0 Å². The van der Waals surface area contributed by atoms with Crippen LogP contribution in [0.25, 0.3) is 0 Å². The van der Waals surface area contributed by atoms with Gasteiger partial charge in [-0.3, -0.25) is 14.5 Å². The molecule has 0 aliphatic carbocycles. The Morgan fingerprint density at radius 3 is 2.43 bits per heavy atom. The van der Waals surface area contributed by atoms with Gasteiger partial charge in [0, 0.05) is 18.5 Å². The monoisotopic (exact) mass is 417 g/mol. The van der Waals surface area contributed by atoms with Crippen molar-refractivity contribution in [2.75, 3.05) is 13.3 Å². The average molecular weight is 418 g/mol. The highest BCUT2D eigenvalue weighted by atomic mass is 16.7. The number of rotatable bonds is 8. The van der Waals surface area contributed by atoms with Gasteiger partial charge < -0.3 is 19.7 Å². The van der Waals surface area contributed by atoms with Crippen LogP contribution < -0.4 is 14.8 Å². The molecule has 2 heterocycles. The molecule has 0 spiro atoms. The molecule has 1 N–H and O–H groups in total. The van der Waals surface area contributed by atoms with Crippen molar-refractivity contribution in [2.24, 2.45) is 0 Å². The number of ether oxygens (including phenoxy) is 2. The summed E-state index contributed by atoms with van der Waals surface area (Å²) in [4.78, 5) is 41.6. The lowest BCUT2D eigenvalue weighted by Gasteiger charge is -2.35. The number of amides is 4. The van der Waals surface area contributed by atoms with Crippen molar-refractivity contribution in [3.8, 4) is 11.5 Å². The van der Waals surface area contributed by atoms with E-state index in [0.29, 0.717) is 17.9 Å². The lowest BCUT2D eigenvalue weighted by atomic mass is 9.92. The molecular weight excluding hydrogens is 386 g/mol. The van der Waals surface area contributed by atoms with E-state index in [-0.39, 0.29) is 31.3 Å². The molecule has 1 aromatic carbocycles. The van der Waals surface area contributed by atoms with Gasteiger partial charge in [0.1, 0.15) is 12.1 Å². The lowest BCUT2D eigenvalue weighted by Crippen LogP contribution is -2.50. The highest BCUT2D eigenvalue weighted by Crippen LogP contribution is 2.34. The fourth-order valence-electron chi connectivity index (χ4n) is 4.01. The van der Waals surface area contributed by atoms with E-state index in [0.717, 1.165) is 23.3 Å². The Hall–Kier alpha value is -2.77. The van der Waals surface area contributed by atoms with Crippen molar-refractivity contribution in [1.29, 1.82) is 0 Å². The number of benzene rings is 1. The van der Waals surface area contributed by atoms with E-state index in [9.17, 15) is 14.4 Å². The molecule has 0 saturated carbocycles. The summed E-state index contributed by atoms with van der Waals surface area (Å²) in [7, 11) is 0. The molecule has 0 unspecified atom stereocenters. The summed E-state index contributed by atoms with van der Waals surface area (Å²) in [6, 6.07) is 4.99. The molecule has 3 atom stereocenters. The van der Waals surface area contributed by atoms with Crippen LogP contribution in [0.1, 0.15) is 53.0 Å². The highest BCUT2D eigenvalue weighted by molar-refractivity contribution is 6.09. The maximum absolute atomic E-state index is 13.1. The Kier molecular flexibility index (Phi) is 6.24. The summed E-state index contributed by atoms with van der Waals surface area (Å²) < 4.78 is 10.7. The van der Waals surface area contributed by atoms with Gasteiger partial charge in [-0.25, -0.2) is 4.79 Å². The SMILES string of the molecule is CC[C@@H](C)N(C(=O)CN1C(=O)N[C@](C)(Cc2ccc3c(c2)OCO3)C1=O)[C@H](C)CC. The van der Waals surface area contributed by atoms with Crippen molar-refractivity contribution in [2.45, 2.75) is 71.5 Å². The molecule has 2 aliphatic heterocycles. The topological polar surface area (TPSA) is 88.2 Å². The van der Waals surface area contributed by atoms with Gasteiger partial charge >= 0.3 is 6.03 Å². The molecular formula is C22H31N3O5. The maximum Gasteiger partial charge on any atom is 0.325 e. The summed E-state index contributed by atoms with van der Waals surface area (Å²) in [5.41, 5.74) is -0.285. The van der Waals surface area contributed by atoms with E-state index < -0.39 is 17.5 Å². The summed E-state index contributed by atoms with van der Waals surface area (Å²) in [5, 5.41) is 2.77. The minimum Gasteiger partial charge on any atom is -0.454 e. The van der Waals surface area contributed by atoms with Gasteiger partial charge in [0.2, 0.25) is 12.7 Å². The molecule has 1 saturated heterocycles. The third kappa shape index (κ3) is 4.08. The zero-order chi connectivity index (χ0) is 22.1. The first-order valence-corrected chi connectivity index (χ1v) is 10.5. The normalized spacial score (nSPS) is 22.1. The number of urea groups is 1. The predicted octanol–water partition coefficient (Wildman–Crippen LogP) is 2.69. The Morgan fingerprint density at radius 2 is 1.80 bits per heavy atom. The van der Waals surface area contributed by atoms with E-state index in [1.54, 1.807) is 17.9 Å². The van der Waals surface area contributed by atoms with E-state index >= 15 is 0 Å². The summed E-state index contributed by atoms with van der Waals surface area (Å²) in [6.45, 7) is 9.61. The molecule has 2 aliphatic rings. The minimum absolute atomic E-state index is 0.0354. The number of hydrogen-bond acceptors (Lipinski definition) is 5. The third-order valence-electron chi connectivity index (χ3n) is 6.05. The van der Waals surface area contributed by atoms with Gasteiger partial charge in [0.25, 0.3) is 5.91 Å². The fourth-order valence-corrected chi connectivity index (χ4v) is 4.01. The Balaban J connectivity index is 1.74. The molecule has 0 bridgehead atoms. The summed E-state index contributed by atoms with van der Waals surface area (Å²) >= 11 is 0. The van der Waals surface area contributed by atoms with E-state index in [1.165, 1.54) is 0 Å². The summed E-state index contributed by atoms with van der Waals surface area (Å²) in [6.07, 6.45) is 1.90. The first-order valence-electron chi connectivity index (χ1n) is 10.5. The van der Waals surface area contributed by atoms with Crippen LogP contribution in [-0.2, 0) is 16.0 Å². The van der Waals surface area contributed by atoms with Gasteiger partial charge in [0.15, 0.2) is 11.5 Å². The first kappa shape index (κ1) is 21.9. The molecule has 8 nitrogen and oxygen atoms in total. The van der Waals surface area contributed by atoms with Crippen LogP contribution >= 0.6 is 0 Å². The smallest absolute Gasteiger partial charge is 0.325 e. The number of carbonyl (C=O) groups is 3. The molecule has 3 rings (SSSR count). The first-order chi connectivity index (χ1) is 14.2.